The lowest BCUT2D eigenvalue weighted by molar-refractivity contribution is -0.138. The van der Waals surface area contributed by atoms with Crippen molar-refractivity contribution in [2.75, 3.05) is 11.9 Å². The minimum absolute atomic E-state index is 0.00717. The van der Waals surface area contributed by atoms with Crippen molar-refractivity contribution >= 4 is 23.4 Å². The highest BCUT2D eigenvalue weighted by molar-refractivity contribution is 5.94. The van der Waals surface area contributed by atoms with E-state index in [1.807, 2.05) is 61.5 Å². The second kappa shape index (κ2) is 9.33. The van der Waals surface area contributed by atoms with Crippen LogP contribution in [0.4, 0.5) is 5.69 Å². The average Bonchev–Trinajstić information content (AvgIpc) is 3.51. The van der Waals surface area contributed by atoms with Gasteiger partial charge in [0.25, 0.3) is 0 Å². The normalized spacial score (nSPS) is 19.0. The molecule has 1 aliphatic carbocycles. The first-order valence-corrected chi connectivity index (χ1v) is 11.1. The fraction of sp³-hybridized carbons (Fsp3) is 0.400. The summed E-state index contributed by atoms with van der Waals surface area (Å²) < 4.78 is 0. The molecule has 2 aromatic rings. The number of carbonyl (C=O) groups is 3. The van der Waals surface area contributed by atoms with Crippen molar-refractivity contribution < 1.29 is 14.4 Å². The van der Waals surface area contributed by atoms with Gasteiger partial charge in [0, 0.05) is 18.2 Å². The molecule has 2 aliphatic rings. The molecular weight excluding hydrogens is 390 g/mol. The number of carbonyl (C=O) groups excluding carboxylic acids is 3. The third kappa shape index (κ3) is 5.32. The van der Waals surface area contributed by atoms with Crippen molar-refractivity contribution in [1.29, 1.82) is 0 Å². The molecule has 1 heterocycles. The van der Waals surface area contributed by atoms with Crippen LogP contribution in [0, 0.1) is 5.92 Å². The molecule has 6 nitrogen and oxygen atoms in total. The number of nitrogens with zero attached hydrogens (tertiary/aromatic N) is 1. The molecule has 0 bridgehead atoms. The third-order valence-corrected chi connectivity index (χ3v) is 6.06. The van der Waals surface area contributed by atoms with Crippen LogP contribution in [0.1, 0.15) is 49.8 Å². The Morgan fingerprint density at radius 3 is 2.35 bits per heavy atom. The SMILES string of the molecule is CC(NC(=O)C1CCCN1C(=O)Cc1ccccc1)c1ccc(NC(=O)C2CC2)cc1. The van der Waals surface area contributed by atoms with Crippen LogP contribution >= 0.6 is 0 Å². The monoisotopic (exact) mass is 419 g/mol. The Morgan fingerprint density at radius 2 is 1.68 bits per heavy atom. The molecule has 4 rings (SSSR count). The van der Waals surface area contributed by atoms with Gasteiger partial charge in [0.1, 0.15) is 6.04 Å². The van der Waals surface area contributed by atoms with E-state index < -0.39 is 6.04 Å². The second-order valence-electron chi connectivity index (χ2n) is 8.52. The quantitative estimate of drug-likeness (QED) is 0.722. The van der Waals surface area contributed by atoms with E-state index in [4.69, 9.17) is 0 Å². The zero-order chi connectivity index (χ0) is 21.8. The third-order valence-electron chi connectivity index (χ3n) is 6.06. The highest BCUT2D eigenvalue weighted by Gasteiger charge is 2.34. The number of anilines is 1. The maximum absolute atomic E-state index is 12.9. The highest BCUT2D eigenvalue weighted by atomic mass is 16.2. The van der Waals surface area contributed by atoms with Gasteiger partial charge in [-0.25, -0.2) is 0 Å². The zero-order valence-corrected chi connectivity index (χ0v) is 17.8. The number of nitrogens with one attached hydrogen (secondary N) is 2. The summed E-state index contributed by atoms with van der Waals surface area (Å²) in [6.45, 7) is 2.55. The summed E-state index contributed by atoms with van der Waals surface area (Å²) in [4.78, 5) is 39.3. The Bertz CT molecular complexity index is 938. The molecule has 0 spiro atoms. The second-order valence-corrected chi connectivity index (χ2v) is 8.52. The molecule has 31 heavy (non-hydrogen) atoms. The molecule has 0 aromatic heterocycles. The summed E-state index contributed by atoms with van der Waals surface area (Å²) in [6.07, 6.45) is 3.78. The molecule has 1 aliphatic heterocycles. The number of rotatable bonds is 7. The van der Waals surface area contributed by atoms with Crippen LogP contribution in [0.2, 0.25) is 0 Å². The molecule has 2 aromatic carbocycles. The first-order chi connectivity index (χ1) is 15.0. The molecule has 1 saturated carbocycles. The predicted octanol–water partition coefficient (Wildman–Crippen LogP) is 3.45. The van der Waals surface area contributed by atoms with Crippen molar-refractivity contribution in [1.82, 2.24) is 10.2 Å². The van der Waals surface area contributed by atoms with Crippen molar-refractivity contribution in [3.05, 3.63) is 65.7 Å². The lowest BCUT2D eigenvalue weighted by atomic mass is 10.1. The van der Waals surface area contributed by atoms with E-state index in [-0.39, 0.29) is 29.7 Å². The van der Waals surface area contributed by atoms with Crippen molar-refractivity contribution in [3.63, 3.8) is 0 Å². The summed E-state index contributed by atoms with van der Waals surface area (Å²) in [7, 11) is 0. The average molecular weight is 420 g/mol. The van der Waals surface area contributed by atoms with Gasteiger partial charge in [-0.15, -0.1) is 0 Å². The molecule has 2 unspecified atom stereocenters. The Labute approximate surface area is 183 Å². The molecule has 0 radical (unpaired) electrons. The molecule has 162 valence electrons. The molecule has 2 fully saturated rings. The fourth-order valence-electron chi connectivity index (χ4n) is 4.05. The van der Waals surface area contributed by atoms with Gasteiger partial charge in [-0.05, 0) is 55.9 Å². The van der Waals surface area contributed by atoms with Crippen LogP contribution in [0.25, 0.3) is 0 Å². The van der Waals surface area contributed by atoms with Crippen LogP contribution in [-0.4, -0.2) is 35.2 Å². The Morgan fingerprint density at radius 1 is 0.968 bits per heavy atom. The van der Waals surface area contributed by atoms with Crippen molar-refractivity contribution in [3.8, 4) is 0 Å². The van der Waals surface area contributed by atoms with Gasteiger partial charge >= 0.3 is 0 Å². The summed E-state index contributed by atoms with van der Waals surface area (Å²) in [5.41, 5.74) is 2.69. The largest absolute Gasteiger partial charge is 0.348 e. The molecule has 2 N–H and O–H groups in total. The Kier molecular flexibility index (Phi) is 6.35. The molecule has 6 heteroatoms. The number of benzene rings is 2. The lowest BCUT2D eigenvalue weighted by Crippen LogP contribution is -2.47. The lowest BCUT2D eigenvalue weighted by Gasteiger charge is -2.26. The van der Waals surface area contributed by atoms with Gasteiger partial charge in [-0.1, -0.05) is 42.5 Å². The van der Waals surface area contributed by atoms with Gasteiger partial charge < -0.3 is 15.5 Å². The van der Waals surface area contributed by atoms with E-state index in [2.05, 4.69) is 10.6 Å². The van der Waals surface area contributed by atoms with E-state index in [0.717, 1.165) is 36.1 Å². The van der Waals surface area contributed by atoms with Gasteiger partial charge in [-0.2, -0.15) is 0 Å². The van der Waals surface area contributed by atoms with E-state index in [1.165, 1.54) is 0 Å². The first kappa shape index (κ1) is 21.1. The number of likely N-dealkylation sites (tertiary alicyclic amines) is 1. The summed E-state index contributed by atoms with van der Waals surface area (Å²) in [5.74, 6) is 0.122. The van der Waals surface area contributed by atoms with E-state index in [1.54, 1.807) is 4.90 Å². The van der Waals surface area contributed by atoms with Crippen LogP contribution in [0.5, 0.6) is 0 Å². The van der Waals surface area contributed by atoms with Crippen molar-refractivity contribution in [2.45, 2.75) is 51.1 Å². The van der Waals surface area contributed by atoms with Gasteiger partial charge in [-0.3, -0.25) is 14.4 Å². The summed E-state index contributed by atoms with van der Waals surface area (Å²) >= 11 is 0. The number of hydrogen-bond donors (Lipinski definition) is 2. The minimum Gasteiger partial charge on any atom is -0.348 e. The minimum atomic E-state index is -0.421. The van der Waals surface area contributed by atoms with Gasteiger partial charge in [0.2, 0.25) is 17.7 Å². The maximum atomic E-state index is 12.9. The van der Waals surface area contributed by atoms with Gasteiger partial charge in [0.15, 0.2) is 0 Å². The highest BCUT2D eigenvalue weighted by Crippen LogP contribution is 2.30. The standard InChI is InChI=1S/C25H29N3O3/c1-17(19-11-13-21(14-12-19)27-24(30)20-9-10-20)26-25(31)22-8-5-15-28(22)23(29)16-18-6-3-2-4-7-18/h2-4,6-7,11-14,17,20,22H,5,8-10,15-16H2,1H3,(H,26,31)(H,27,30). The van der Waals surface area contributed by atoms with Crippen LogP contribution in [0.15, 0.2) is 54.6 Å². The molecular formula is C25H29N3O3. The summed E-state index contributed by atoms with van der Waals surface area (Å²) in [6, 6.07) is 16.6. The van der Waals surface area contributed by atoms with Crippen LogP contribution < -0.4 is 10.6 Å². The zero-order valence-electron chi connectivity index (χ0n) is 17.8. The smallest absolute Gasteiger partial charge is 0.243 e. The van der Waals surface area contributed by atoms with Crippen LogP contribution in [-0.2, 0) is 20.8 Å². The molecule has 3 amide bonds. The molecule has 2 atom stereocenters. The molecule has 1 saturated heterocycles. The topological polar surface area (TPSA) is 78.5 Å². The van der Waals surface area contributed by atoms with Crippen LogP contribution in [0.3, 0.4) is 0 Å². The number of hydrogen-bond acceptors (Lipinski definition) is 3. The first-order valence-electron chi connectivity index (χ1n) is 11.1. The maximum Gasteiger partial charge on any atom is 0.243 e. The summed E-state index contributed by atoms with van der Waals surface area (Å²) in [5, 5.41) is 5.98. The number of amides is 3. The van der Waals surface area contributed by atoms with Crippen molar-refractivity contribution in [2.24, 2.45) is 5.92 Å². The van der Waals surface area contributed by atoms with Gasteiger partial charge in [0.05, 0.1) is 12.5 Å². The van der Waals surface area contributed by atoms with E-state index in [0.29, 0.717) is 19.4 Å². The van der Waals surface area contributed by atoms with E-state index >= 15 is 0 Å². The Hall–Kier alpha value is -3.15. The Balaban J connectivity index is 1.33. The predicted molar refractivity (Wildman–Crippen MR) is 119 cm³/mol. The fourth-order valence-corrected chi connectivity index (χ4v) is 4.05. The van der Waals surface area contributed by atoms with E-state index in [9.17, 15) is 14.4 Å².